The highest BCUT2D eigenvalue weighted by atomic mass is 16.5. The highest BCUT2D eigenvalue weighted by Crippen LogP contribution is 2.20. The Morgan fingerprint density at radius 2 is 2.05 bits per heavy atom. The van der Waals surface area contributed by atoms with Gasteiger partial charge in [0.15, 0.2) is 0 Å². The number of nitrogens with two attached hydrogens (primary N) is 2. The third kappa shape index (κ3) is 4.45. The van der Waals surface area contributed by atoms with E-state index >= 15 is 0 Å². The summed E-state index contributed by atoms with van der Waals surface area (Å²) in [5.74, 6) is 0.828. The maximum Gasteiger partial charge on any atom is 0.242 e. The molecule has 0 aliphatic carbocycles. The molecule has 1 rings (SSSR count). The molecule has 116 valence electrons. The van der Waals surface area contributed by atoms with Gasteiger partial charge < -0.3 is 21.1 Å². The Kier molecular flexibility index (Phi) is 6.42. The summed E-state index contributed by atoms with van der Waals surface area (Å²) in [6.45, 7) is 6.43. The second kappa shape index (κ2) is 7.59. The topological polar surface area (TPSA) is 93.9 Å². The average molecular weight is 284 g/mol. The standard InChI is InChI=1S/C14H28N4O2/c1-4-17-12(15)11(2)5-8-18(3)13(19)14(16)6-9-20-10-7-14/h11H,4-10,16H2,1-3H3,(H2,15,17). The summed E-state index contributed by atoms with van der Waals surface area (Å²) in [7, 11) is 1.80. The van der Waals surface area contributed by atoms with E-state index in [4.69, 9.17) is 16.2 Å². The Morgan fingerprint density at radius 1 is 1.45 bits per heavy atom. The van der Waals surface area contributed by atoms with Crippen molar-refractivity contribution < 1.29 is 9.53 Å². The van der Waals surface area contributed by atoms with Gasteiger partial charge in [-0.1, -0.05) is 6.92 Å². The summed E-state index contributed by atoms with van der Waals surface area (Å²) < 4.78 is 5.27. The number of ether oxygens (including phenoxy) is 1. The van der Waals surface area contributed by atoms with E-state index < -0.39 is 5.54 Å². The zero-order valence-electron chi connectivity index (χ0n) is 12.9. The normalized spacial score (nSPS) is 20.5. The van der Waals surface area contributed by atoms with Crippen LogP contribution in [0.2, 0.25) is 0 Å². The van der Waals surface area contributed by atoms with Gasteiger partial charge in [-0.3, -0.25) is 9.79 Å². The molecule has 20 heavy (non-hydrogen) atoms. The van der Waals surface area contributed by atoms with Crippen molar-refractivity contribution in [3.05, 3.63) is 0 Å². The van der Waals surface area contributed by atoms with Crippen LogP contribution in [0.3, 0.4) is 0 Å². The van der Waals surface area contributed by atoms with Crippen molar-refractivity contribution in [3.8, 4) is 0 Å². The quantitative estimate of drug-likeness (QED) is 0.544. The molecule has 1 aliphatic heterocycles. The van der Waals surface area contributed by atoms with E-state index in [0.29, 0.717) is 45.0 Å². The van der Waals surface area contributed by atoms with Crippen molar-refractivity contribution in [2.75, 3.05) is 33.4 Å². The van der Waals surface area contributed by atoms with Gasteiger partial charge in [-0.2, -0.15) is 0 Å². The number of hydrogen-bond donors (Lipinski definition) is 2. The van der Waals surface area contributed by atoms with E-state index in [-0.39, 0.29) is 11.8 Å². The minimum Gasteiger partial charge on any atom is -0.387 e. The van der Waals surface area contributed by atoms with Crippen LogP contribution in [0.15, 0.2) is 4.99 Å². The minimum absolute atomic E-state index is 0.000924. The Labute approximate surface area is 121 Å². The molecule has 0 aromatic carbocycles. The number of rotatable bonds is 6. The lowest BCUT2D eigenvalue weighted by Crippen LogP contribution is -2.57. The molecule has 6 nitrogen and oxygen atoms in total. The molecule has 0 aromatic rings. The summed E-state index contributed by atoms with van der Waals surface area (Å²) in [6, 6.07) is 0. The third-order valence-electron chi connectivity index (χ3n) is 3.90. The van der Waals surface area contributed by atoms with Gasteiger partial charge in [0.25, 0.3) is 0 Å². The summed E-state index contributed by atoms with van der Waals surface area (Å²) in [5.41, 5.74) is 11.3. The number of carbonyl (C=O) groups excluding carboxylic acids is 1. The Hall–Kier alpha value is -1.14. The molecule has 0 radical (unpaired) electrons. The van der Waals surface area contributed by atoms with Crippen LogP contribution in [0.25, 0.3) is 0 Å². The Balaban J connectivity index is 2.47. The summed E-state index contributed by atoms with van der Waals surface area (Å²) in [5, 5.41) is 0. The summed E-state index contributed by atoms with van der Waals surface area (Å²) in [6.07, 6.45) is 1.97. The minimum atomic E-state index is -0.765. The molecule has 0 aromatic heterocycles. The first kappa shape index (κ1) is 16.9. The van der Waals surface area contributed by atoms with Crippen LogP contribution >= 0.6 is 0 Å². The van der Waals surface area contributed by atoms with Crippen molar-refractivity contribution in [1.82, 2.24) is 4.90 Å². The van der Waals surface area contributed by atoms with E-state index in [0.717, 1.165) is 6.42 Å². The van der Waals surface area contributed by atoms with Gasteiger partial charge in [-0.15, -0.1) is 0 Å². The Bertz CT molecular complexity index is 351. The highest BCUT2D eigenvalue weighted by Gasteiger charge is 2.37. The first-order valence-electron chi connectivity index (χ1n) is 7.32. The van der Waals surface area contributed by atoms with Crippen LogP contribution in [0.1, 0.15) is 33.1 Å². The van der Waals surface area contributed by atoms with Gasteiger partial charge >= 0.3 is 0 Å². The van der Waals surface area contributed by atoms with Crippen LogP contribution in [0.4, 0.5) is 0 Å². The van der Waals surface area contributed by atoms with E-state index in [1.165, 1.54) is 0 Å². The molecule has 6 heteroatoms. The summed E-state index contributed by atoms with van der Waals surface area (Å²) in [4.78, 5) is 18.3. The molecule has 1 amide bonds. The van der Waals surface area contributed by atoms with Gasteiger partial charge in [-0.25, -0.2) is 0 Å². The fraction of sp³-hybridized carbons (Fsp3) is 0.857. The average Bonchev–Trinajstić information content (AvgIpc) is 2.44. The predicted octanol–water partition coefficient (Wildman–Crippen LogP) is 0.356. The number of nitrogens with zero attached hydrogens (tertiary/aromatic N) is 2. The van der Waals surface area contributed by atoms with Crippen LogP contribution in [-0.2, 0) is 9.53 Å². The molecular formula is C14H28N4O2. The molecule has 1 heterocycles. The molecule has 0 spiro atoms. The van der Waals surface area contributed by atoms with E-state index in [1.807, 2.05) is 13.8 Å². The number of aliphatic imine (C=N–C) groups is 1. The number of hydrogen-bond acceptors (Lipinski definition) is 4. The molecule has 0 saturated carbocycles. The monoisotopic (exact) mass is 284 g/mol. The first-order valence-corrected chi connectivity index (χ1v) is 7.32. The number of carbonyl (C=O) groups is 1. The molecular weight excluding hydrogens is 256 g/mol. The van der Waals surface area contributed by atoms with Crippen molar-refractivity contribution >= 4 is 11.7 Å². The fourth-order valence-electron chi connectivity index (χ4n) is 2.30. The highest BCUT2D eigenvalue weighted by molar-refractivity contribution is 5.86. The van der Waals surface area contributed by atoms with Gasteiger partial charge in [0.1, 0.15) is 0 Å². The molecule has 1 fully saturated rings. The first-order chi connectivity index (χ1) is 9.40. The Morgan fingerprint density at radius 3 is 2.60 bits per heavy atom. The van der Waals surface area contributed by atoms with Gasteiger partial charge in [-0.05, 0) is 26.2 Å². The predicted molar refractivity (Wildman–Crippen MR) is 80.6 cm³/mol. The second-order valence-corrected chi connectivity index (χ2v) is 5.58. The molecule has 0 bridgehead atoms. The number of likely N-dealkylation sites (N-methyl/N-ethyl adjacent to an activating group) is 1. The van der Waals surface area contributed by atoms with Crippen molar-refractivity contribution in [2.24, 2.45) is 22.4 Å². The maximum atomic E-state index is 12.4. The van der Waals surface area contributed by atoms with Crippen molar-refractivity contribution in [1.29, 1.82) is 0 Å². The molecule has 1 aliphatic rings. The molecule has 1 unspecified atom stereocenters. The van der Waals surface area contributed by atoms with Crippen molar-refractivity contribution in [3.63, 3.8) is 0 Å². The summed E-state index contributed by atoms with van der Waals surface area (Å²) >= 11 is 0. The van der Waals surface area contributed by atoms with Gasteiger partial charge in [0.05, 0.1) is 11.4 Å². The number of amides is 1. The lowest BCUT2D eigenvalue weighted by atomic mass is 9.89. The van der Waals surface area contributed by atoms with Crippen LogP contribution in [0.5, 0.6) is 0 Å². The zero-order valence-corrected chi connectivity index (χ0v) is 12.9. The lowest BCUT2D eigenvalue weighted by molar-refractivity contribution is -0.139. The van der Waals surface area contributed by atoms with Crippen molar-refractivity contribution in [2.45, 2.75) is 38.6 Å². The zero-order chi connectivity index (χ0) is 15.2. The second-order valence-electron chi connectivity index (χ2n) is 5.58. The van der Waals surface area contributed by atoms with Crippen LogP contribution in [-0.4, -0.2) is 55.5 Å². The van der Waals surface area contributed by atoms with E-state index in [1.54, 1.807) is 11.9 Å². The third-order valence-corrected chi connectivity index (χ3v) is 3.90. The largest absolute Gasteiger partial charge is 0.387 e. The van der Waals surface area contributed by atoms with Gasteiger partial charge in [0, 0.05) is 39.3 Å². The van der Waals surface area contributed by atoms with E-state index in [9.17, 15) is 4.79 Å². The lowest BCUT2D eigenvalue weighted by Gasteiger charge is -2.35. The maximum absolute atomic E-state index is 12.4. The van der Waals surface area contributed by atoms with Gasteiger partial charge in [0.2, 0.25) is 5.91 Å². The fourth-order valence-corrected chi connectivity index (χ4v) is 2.30. The number of amidine groups is 1. The molecule has 4 N–H and O–H groups in total. The van der Waals surface area contributed by atoms with E-state index in [2.05, 4.69) is 4.99 Å². The smallest absolute Gasteiger partial charge is 0.242 e. The molecule has 1 saturated heterocycles. The van der Waals surface area contributed by atoms with Crippen LogP contribution in [0, 0.1) is 5.92 Å². The molecule has 1 atom stereocenters. The van der Waals surface area contributed by atoms with Crippen LogP contribution < -0.4 is 11.5 Å². The SMILES string of the molecule is CC/N=C(/N)C(C)CCN(C)C(=O)C1(N)CCOCC1.